The van der Waals surface area contributed by atoms with E-state index < -0.39 is 9.85 Å². The standard InChI is InChI=1S/C13H10N2O5/c16-14(17)11-4-6-13(7-5-11)20-9-10-2-1-3-12(8-10)15(18)19/h1-8H,9H2. The smallest absolute Gasteiger partial charge is 0.269 e. The molecule has 0 aromatic heterocycles. The summed E-state index contributed by atoms with van der Waals surface area (Å²) in [7, 11) is 0. The van der Waals surface area contributed by atoms with Crippen molar-refractivity contribution in [2.45, 2.75) is 6.61 Å². The molecule has 0 N–H and O–H groups in total. The van der Waals surface area contributed by atoms with E-state index in [0.29, 0.717) is 11.3 Å². The molecule has 2 aromatic rings. The Morgan fingerprint density at radius 3 is 2.15 bits per heavy atom. The van der Waals surface area contributed by atoms with Gasteiger partial charge in [0, 0.05) is 24.3 Å². The molecule has 0 spiro atoms. The van der Waals surface area contributed by atoms with Crippen LogP contribution in [0.5, 0.6) is 5.75 Å². The largest absolute Gasteiger partial charge is 0.489 e. The first kappa shape index (κ1) is 13.5. The summed E-state index contributed by atoms with van der Waals surface area (Å²) < 4.78 is 5.42. The van der Waals surface area contributed by atoms with Crippen molar-refractivity contribution in [2.75, 3.05) is 0 Å². The van der Waals surface area contributed by atoms with Crippen LogP contribution >= 0.6 is 0 Å². The van der Waals surface area contributed by atoms with Crippen LogP contribution in [0.3, 0.4) is 0 Å². The highest BCUT2D eigenvalue weighted by molar-refractivity contribution is 5.37. The second kappa shape index (κ2) is 5.79. The Morgan fingerprint density at radius 1 is 0.900 bits per heavy atom. The molecular weight excluding hydrogens is 264 g/mol. The molecule has 7 nitrogen and oxygen atoms in total. The summed E-state index contributed by atoms with van der Waals surface area (Å²) >= 11 is 0. The molecule has 20 heavy (non-hydrogen) atoms. The van der Waals surface area contributed by atoms with Crippen LogP contribution in [0.2, 0.25) is 0 Å². The number of non-ortho nitro benzene ring substituents is 2. The third-order valence-corrected chi connectivity index (χ3v) is 2.57. The fourth-order valence-corrected chi connectivity index (χ4v) is 1.59. The van der Waals surface area contributed by atoms with E-state index in [2.05, 4.69) is 0 Å². The van der Waals surface area contributed by atoms with Crippen LogP contribution in [0.4, 0.5) is 11.4 Å². The SMILES string of the molecule is O=[N+]([O-])c1ccc(OCc2cccc([N+](=O)[O-])c2)cc1. The van der Waals surface area contributed by atoms with Crippen LogP contribution in [0.1, 0.15) is 5.56 Å². The van der Waals surface area contributed by atoms with E-state index in [9.17, 15) is 20.2 Å². The molecular formula is C13H10N2O5. The molecule has 0 aliphatic rings. The van der Waals surface area contributed by atoms with E-state index in [4.69, 9.17) is 4.74 Å². The summed E-state index contributed by atoms with van der Waals surface area (Å²) in [5.74, 6) is 0.460. The predicted molar refractivity (Wildman–Crippen MR) is 70.5 cm³/mol. The zero-order valence-corrected chi connectivity index (χ0v) is 10.3. The van der Waals surface area contributed by atoms with Gasteiger partial charge in [-0.1, -0.05) is 12.1 Å². The topological polar surface area (TPSA) is 95.5 Å². The van der Waals surface area contributed by atoms with Crippen molar-refractivity contribution in [3.8, 4) is 5.75 Å². The van der Waals surface area contributed by atoms with Gasteiger partial charge < -0.3 is 4.74 Å². The summed E-state index contributed by atoms with van der Waals surface area (Å²) in [4.78, 5) is 20.2. The van der Waals surface area contributed by atoms with Gasteiger partial charge in [-0.15, -0.1) is 0 Å². The van der Waals surface area contributed by atoms with Crippen LogP contribution in [0, 0.1) is 20.2 Å². The molecule has 2 aromatic carbocycles. The minimum absolute atomic E-state index is 0.00482. The van der Waals surface area contributed by atoms with Crippen LogP contribution < -0.4 is 4.74 Å². The van der Waals surface area contributed by atoms with Crippen molar-refractivity contribution in [2.24, 2.45) is 0 Å². The maximum Gasteiger partial charge on any atom is 0.269 e. The van der Waals surface area contributed by atoms with E-state index >= 15 is 0 Å². The van der Waals surface area contributed by atoms with Crippen molar-refractivity contribution in [3.05, 3.63) is 74.3 Å². The summed E-state index contributed by atoms with van der Waals surface area (Å²) in [5, 5.41) is 21.1. The van der Waals surface area contributed by atoms with Gasteiger partial charge in [-0.25, -0.2) is 0 Å². The molecule has 0 fully saturated rings. The summed E-state index contributed by atoms with van der Waals surface area (Å²) in [6, 6.07) is 11.7. The molecule has 2 rings (SSSR count). The highest BCUT2D eigenvalue weighted by Gasteiger charge is 2.07. The lowest BCUT2D eigenvalue weighted by atomic mass is 10.2. The van der Waals surface area contributed by atoms with Gasteiger partial charge in [-0.3, -0.25) is 20.2 Å². The number of nitro groups is 2. The third kappa shape index (κ3) is 3.29. The van der Waals surface area contributed by atoms with Gasteiger partial charge in [0.2, 0.25) is 0 Å². The molecule has 7 heteroatoms. The van der Waals surface area contributed by atoms with E-state index in [1.165, 1.54) is 36.4 Å². The number of rotatable bonds is 5. The molecule has 0 bridgehead atoms. The maximum atomic E-state index is 10.6. The number of hydrogen-bond acceptors (Lipinski definition) is 5. The fourth-order valence-electron chi connectivity index (χ4n) is 1.59. The van der Waals surface area contributed by atoms with Crippen molar-refractivity contribution < 1.29 is 14.6 Å². The number of hydrogen-bond donors (Lipinski definition) is 0. The minimum atomic E-state index is -0.496. The Bertz CT molecular complexity index is 639. The quantitative estimate of drug-likeness (QED) is 0.616. The van der Waals surface area contributed by atoms with Crippen molar-refractivity contribution in [1.29, 1.82) is 0 Å². The average Bonchev–Trinajstić information content (AvgIpc) is 2.46. The van der Waals surface area contributed by atoms with Gasteiger partial charge in [-0.05, 0) is 17.7 Å². The van der Waals surface area contributed by atoms with Gasteiger partial charge in [0.1, 0.15) is 12.4 Å². The first-order valence-corrected chi connectivity index (χ1v) is 5.67. The Kier molecular flexibility index (Phi) is 3.90. The van der Waals surface area contributed by atoms with Gasteiger partial charge in [0.05, 0.1) is 9.85 Å². The van der Waals surface area contributed by atoms with Crippen LogP contribution in [-0.2, 0) is 6.61 Å². The summed E-state index contributed by atoms with van der Waals surface area (Å²) in [6.45, 7) is 0.152. The molecule has 0 unspecified atom stereocenters. The molecule has 0 aliphatic carbocycles. The lowest BCUT2D eigenvalue weighted by Crippen LogP contribution is -1.97. The molecule has 0 amide bonds. The van der Waals surface area contributed by atoms with Gasteiger partial charge >= 0.3 is 0 Å². The first-order chi connectivity index (χ1) is 9.56. The highest BCUT2D eigenvalue weighted by atomic mass is 16.6. The van der Waals surface area contributed by atoms with E-state index in [0.717, 1.165) is 0 Å². The van der Waals surface area contributed by atoms with Crippen LogP contribution in [0.25, 0.3) is 0 Å². The Balaban J connectivity index is 2.03. The summed E-state index contributed by atoms with van der Waals surface area (Å²) in [5.41, 5.74) is 0.625. The fraction of sp³-hybridized carbons (Fsp3) is 0.0769. The van der Waals surface area contributed by atoms with E-state index in [-0.39, 0.29) is 18.0 Å². The average molecular weight is 274 g/mol. The van der Waals surface area contributed by atoms with Gasteiger partial charge in [-0.2, -0.15) is 0 Å². The third-order valence-electron chi connectivity index (χ3n) is 2.57. The Morgan fingerprint density at radius 2 is 1.55 bits per heavy atom. The van der Waals surface area contributed by atoms with Gasteiger partial charge in [0.15, 0.2) is 0 Å². The lowest BCUT2D eigenvalue weighted by molar-refractivity contribution is -0.385. The minimum Gasteiger partial charge on any atom is -0.489 e. The highest BCUT2D eigenvalue weighted by Crippen LogP contribution is 2.19. The van der Waals surface area contributed by atoms with Crippen molar-refractivity contribution >= 4 is 11.4 Å². The molecule has 0 radical (unpaired) electrons. The molecule has 0 aliphatic heterocycles. The molecule has 0 atom stereocenters. The molecule has 0 heterocycles. The van der Waals surface area contributed by atoms with Gasteiger partial charge in [0.25, 0.3) is 11.4 Å². The number of nitro benzene ring substituents is 2. The molecule has 102 valence electrons. The van der Waals surface area contributed by atoms with Crippen molar-refractivity contribution in [3.63, 3.8) is 0 Å². The second-order valence-corrected chi connectivity index (χ2v) is 3.97. The molecule has 0 saturated carbocycles. The summed E-state index contributed by atoms with van der Waals surface area (Å²) in [6.07, 6.45) is 0. The molecule has 0 saturated heterocycles. The Labute approximate surface area is 113 Å². The maximum absolute atomic E-state index is 10.6. The van der Waals surface area contributed by atoms with E-state index in [1.807, 2.05) is 0 Å². The van der Waals surface area contributed by atoms with Crippen LogP contribution in [-0.4, -0.2) is 9.85 Å². The van der Waals surface area contributed by atoms with Crippen molar-refractivity contribution in [1.82, 2.24) is 0 Å². The number of ether oxygens (including phenoxy) is 1. The number of nitrogens with zero attached hydrogens (tertiary/aromatic N) is 2. The first-order valence-electron chi connectivity index (χ1n) is 5.67. The predicted octanol–water partition coefficient (Wildman–Crippen LogP) is 3.08. The zero-order chi connectivity index (χ0) is 14.5. The normalized spacial score (nSPS) is 10.0. The van der Waals surface area contributed by atoms with E-state index in [1.54, 1.807) is 12.1 Å². The van der Waals surface area contributed by atoms with Crippen LogP contribution in [0.15, 0.2) is 48.5 Å². The Hall–Kier alpha value is -2.96. The zero-order valence-electron chi connectivity index (χ0n) is 10.3. The second-order valence-electron chi connectivity index (χ2n) is 3.97. The number of benzene rings is 2. The lowest BCUT2D eigenvalue weighted by Gasteiger charge is -2.05. The monoisotopic (exact) mass is 274 g/mol.